The van der Waals surface area contributed by atoms with Gasteiger partial charge in [-0.25, -0.2) is 22.9 Å². The number of nitrogen functional groups attached to an aromatic ring is 1. The Labute approximate surface area is 157 Å². The smallest absolute Gasteiger partial charge is 0.197 e. The standard InChI is InChI=1S/C18H21N5O3S/c1-11-5-6-14(27(25,26)13-4-2-3-12(24)7-13)8-15(11)16-9-20-18-17(19)21-10-22-23(16)18/h5-6,8-10,12-13,24H,2-4,7H2,1H3,(H2,19,21,22)/t12-,13+/m1/s1. The average Bonchev–Trinajstić information content (AvgIpc) is 3.07. The molecule has 0 saturated heterocycles. The number of aromatic nitrogens is 4. The van der Waals surface area contributed by atoms with Crippen LogP contribution in [-0.4, -0.2) is 44.5 Å². The Balaban J connectivity index is 1.81. The molecule has 1 fully saturated rings. The predicted molar refractivity (Wildman–Crippen MR) is 101 cm³/mol. The van der Waals surface area contributed by atoms with Gasteiger partial charge >= 0.3 is 0 Å². The second-order valence-corrected chi connectivity index (χ2v) is 9.22. The van der Waals surface area contributed by atoms with Gasteiger partial charge in [0.05, 0.1) is 28.1 Å². The number of rotatable bonds is 3. The number of sulfone groups is 1. The molecule has 8 nitrogen and oxygen atoms in total. The van der Waals surface area contributed by atoms with E-state index in [-0.39, 0.29) is 17.1 Å². The van der Waals surface area contributed by atoms with E-state index in [1.165, 1.54) is 6.33 Å². The molecular formula is C18H21N5O3S. The highest BCUT2D eigenvalue weighted by Crippen LogP contribution is 2.32. The van der Waals surface area contributed by atoms with Crippen LogP contribution in [-0.2, 0) is 9.84 Å². The summed E-state index contributed by atoms with van der Waals surface area (Å²) in [6.45, 7) is 1.90. The lowest BCUT2D eigenvalue weighted by atomic mass is 9.97. The molecule has 1 saturated carbocycles. The molecule has 0 bridgehead atoms. The number of aliphatic hydroxyl groups is 1. The van der Waals surface area contributed by atoms with E-state index in [1.807, 2.05) is 6.92 Å². The molecule has 1 aromatic carbocycles. The van der Waals surface area contributed by atoms with Gasteiger partial charge in [0, 0.05) is 5.56 Å². The van der Waals surface area contributed by atoms with Crippen molar-refractivity contribution in [3.8, 4) is 11.3 Å². The summed E-state index contributed by atoms with van der Waals surface area (Å²) in [6, 6.07) is 5.07. The third-order valence-corrected chi connectivity index (χ3v) is 7.40. The van der Waals surface area contributed by atoms with Crippen LogP contribution in [0.2, 0.25) is 0 Å². The van der Waals surface area contributed by atoms with Gasteiger partial charge in [-0.05, 0) is 50.3 Å². The van der Waals surface area contributed by atoms with Gasteiger partial charge in [-0.15, -0.1) is 0 Å². The summed E-state index contributed by atoms with van der Waals surface area (Å²) in [6.07, 6.45) is 4.63. The molecular weight excluding hydrogens is 366 g/mol. The molecule has 3 aromatic rings. The molecule has 0 unspecified atom stereocenters. The molecule has 2 aromatic heterocycles. The molecule has 0 spiro atoms. The number of nitrogens with two attached hydrogens (primary N) is 1. The van der Waals surface area contributed by atoms with Crippen molar-refractivity contribution in [3.05, 3.63) is 36.3 Å². The van der Waals surface area contributed by atoms with E-state index >= 15 is 0 Å². The van der Waals surface area contributed by atoms with Crippen molar-refractivity contribution in [1.82, 2.24) is 19.6 Å². The lowest BCUT2D eigenvalue weighted by Crippen LogP contribution is -2.30. The van der Waals surface area contributed by atoms with Crippen LogP contribution < -0.4 is 5.73 Å². The number of hydrogen-bond donors (Lipinski definition) is 2. The van der Waals surface area contributed by atoms with Gasteiger partial charge in [-0.3, -0.25) is 0 Å². The molecule has 142 valence electrons. The van der Waals surface area contributed by atoms with Crippen molar-refractivity contribution < 1.29 is 13.5 Å². The van der Waals surface area contributed by atoms with Crippen molar-refractivity contribution >= 4 is 21.3 Å². The van der Waals surface area contributed by atoms with E-state index in [4.69, 9.17) is 5.73 Å². The fourth-order valence-corrected chi connectivity index (χ4v) is 5.54. The van der Waals surface area contributed by atoms with Crippen LogP contribution in [0.5, 0.6) is 0 Å². The fourth-order valence-electron chi connectivity index (χ4n) is 3.67. The summed E-state index contributed by atoms with van der Waals surface area (Å²) in [4.78, 5) is 8.43. The summed E-state index contributed by atoms with van der Waals surface area (Å²) < 4.78 is 27.8. The minimum atomic E-state index is -3.53. The Bertz CT molecular complexity index is 1110. The largest absolute Gasteiger partial charge is 0.393 e. The van der Waals surface area contributed by atoms with Crippen molar-refractivity contribution in [2.24, 2.45) is 0 Å². The number of hydrogen-bond acceptors (Lipinski definition) is 7. The Hall–Kier alpha value is -2.52. The van der Waals surface area contributed by atoms with Crippen molar-refractivity contribution in [3.63, 3.8) is 0 Å². The highest BCUT2D eigenvalue weighted by Gasteiger charge is 2.32. The molecule has 4 rings (SSSR count). The summed E-state index contributed by atoms with van der Waals surface area (Å²) >= 11 is 0. The molecule has 9 heteroatoms. The van der Waals surface area contributed by atoms with Gasteiger partial charge < -0.3 is 10.8 Å². The summed E-state index contributed by atoms with van der Waals surface area (Å²) in [5.41, 5.74) is 8.54. The number of benzene rings is 1. The van der Waals surface area contributed by atoms with Crippen LogP contribution in [0.15, 0.2) is 35.6 Å². The van der Waals surface area contributed by atoms with E-state index in [9.17, 15) is 13.5 Å². The van der Waals surface area contributed by atoms with Gasteiger partial charge in [-0.2, -0.15) is 5.10 Å². The van der Waals surface area contributed by atoms with E-state index in [0.29, 0.717) is 30.6 Å². The summed E-state index contributed by atoms with van der Waals surface area (Å²) in [7, 11) is -3.53. The first-order chi connectivity index (χ1) is 12.9. The maximum atomic E-state index is 13.1. The molecule has 3 N–H and O–H groups in total. The second kappa shape index (κ2) is 6.58. The van der Waals surface area contributed by atoms with Crippen LogP contribution in [0.25, 0.3) is 16.9 Å². The van der Waals surface area contributed by atoms with Crippen molar-refractivity contribution in [2.45, 2.75) is 48.9 Å². The topological polar surface area (TPSA) is 123 Å². The highest BCUT2D eigenvalue weighted by atomic mass is 32.2. The molecule has 0 radical (unpaired) electrons. The van der Waals surface area contributed by atoms with E-state index in [2.05, 4.69) is 15.1 Å². The maximum absolute atomic E-state index is 13.1. The quantitative estimate of drug-likeness (QED) is 0.702. The van der Waals surface area contributed by atoms with E-state index in [1.54, 1.807) is 28.9 Å². The Morgan fingerprint density at radius 1 is 1.26 bits per heavy atom. The summed E-state index contributed by atoms with van der Waals surface area (Å²) in [5, 5.41) is 13.5. The zero-order valence-electron chi connectivity index (χ0n) is 14.9. The number of fused-ring (bicyclic) bond motifs is 1. The van der Waals surface area contributed by atoms with Gasteiger partial charge in [0.2, 0.25) is 0 Å². The van der Waals surface area contributed by atoms with Gasteiger partial charge in [0.15, 0.2) is 21.3 Å². The van der Waals surface area contributed by atoms with Gasteiger partial charge in [-0.1, -0.05) is 6.07 Å². The van der Waals surface area contributed by atoms with Crippen LogP contribution in [0.4, 0.5) is 5.82 Å². The minimum absolute atomic E-state index is 0.249. The molecule has 0 aliphatic heterocycles. The normalized spacial score (nSPS) is 20.8. The first kappa shape index (κ1) is 17.9. The molecule has 2 heterocycles. The SMILES string of the molecule is Cc1ccc(S(=O)(=O)[C@H]2CCC[C@@H](O)C2)cc1-c1cnc2c(N)ncnn12. The number of aliphatic hydroxyl groups excluding tert-OH is 1. The maximum Gasteiger partial charge on any atom is 0.197 e. The van der Waals surface area contributed by atoms with Gasteiger partial charge in [0.25, 0.3) is 0 Å². The van der Waals surface area contributed by atoms with Crippen LogP contribution >= 0.6 is 0 Å². The lowest BCUT2D eigenvalue weighted by molar-refractivity contribution is 0.131. The number of aryl methyl sites for hydroxylation is 1. The van der Waals surface area contributed by atoms with Crippen molar-refractivity contribution in [2.75, 3.05) is 5.73 Å². The average molecular weight is 387 g/mol. The number of nitrogens with zero attached hydrogens (tertiary/aromatic N) is 4. The third-order valence-electron chi connectivity index (χ3n) is 5.18. The molecule has 1 aliphatic rings. The molecule has 0 amide bonds. The van der Waals surface area contributed by atoms with Crippen LogP contribution in [0, 0.1) is 6.92 Å². The Morgan fingerprint density at radius 3 is 2.85 bits per heavy atom. The van der Waals surface area contributed by atoms with Crippen molar-refractivity contribution in [1.29, 1.82) is 0 Å². The predicted octanol–water partition coefficient (Wildman–Crippen LogP) is 1.76. The Kier molecular flexibility index (Phi) is 4.35. The lowest BCUT2D eigenvalue weighted by Gasteiger charge is -2.26. The third kappa shape index (κ3) is 3.06. The second-order valence-electron chi connectivity index (χ2n) is 6.99. The van der Waals surface area contributed by atoms with E-state index < -0.39 is 21.2 Å². The highest BCUT2D eigenvalue weighted by molar-refractivity contribution is 7.92. The molecule has 1 aliphatic carbocycles. The first-order valence-electron chi connectivity index (χ1n) is 8.85. The van der Waals surface area contributed by atoms with Crippen LogP contribution in [0.3, 0.4) is 0 Å². The number of imidazole rings is 1. The zero-order valence-corrected chi connectivity index (χ0v) is 15.7. The fraction of sp³-hybridized carbons (Fsp3) is 0.389. The number of anilines is 1. The monoisotopic (exact) mass is 387 g/mol. The summed E-state index contributed by atoms with van der Waals surface area (Å²) in [5.74, 6) is 0.258. The zero-order chi connectivity index (χ0) is 19.2. The first-order valence-corrected chi connectivity index (χ1v) is 10.4. The van der Waals surface area contributed by atoms with Gasteiger partial charge in [0.1, 0.15) is 6.33 Å². The molecule has 2 atom stereocenters. The Morgan fingerprint density at radius 2 is 2.07 bits per heavy atom. The molecule has 27 heavy (non-hydrogen) atoms. The minimum Gasteiger partial charge on any atom is -0.393 e. The van der Waals surface area contributed by atoms with Crippen LogP contribution in [0.1, 0.15) is 31.2 Å². The van der Waals surface area contributed by atoms with E-state index in [0.717, 1.165) is 11.1 Å².